The fourth-order valence-corrected chi connectivity index (χ4v) is 3.36. The third-order valence-corrected chi connectivity index (χ3v) is 4.36. The summed E-state index contributed by atoms with van der Waals surface area (Å²) in [5, 5.41) is 5.21. The second-order valence-corrected chi connectivity index (χ2v) is 5.42. The first-order chi connectivity index (χ1) is 8.27. The van der Waals surface area contributed by atoms with Crippen LogP contribution in [0, 0.1) is 0 Å². The fourth-order valence-electron chi connectivity index (χ4n) is 1.77. The van der Waals surface area contributed by atoms with Gasteiger partial charge in [-0.1, -0.05) is 13.3 Å². The Balaban J connectivity index is 2.57. The highest BCUT2D eigenvalue weighted by atomic mass is 79.9. The Morgan fingerprint density at radius 2 is 2.24 bits per heavy atom. The predicted molar refractivity (Wildman–Crippen MR) is 76.6 cm³/mol. The van der Waals surface area contributed by atoms with E-state index in [0.29, 0.717) is 0 Å². The summed E-state index contributed by atoms with van der Waals surface area (Å²) in [6, 6.07) is 2.05. The highest BCUT2D eigenvalue weighted by Crippen LogP contribution is 2.36. The van der Waals surface area contributed by atoms with Gasteiger partial charge in [0.25, 0.3) is 0 Å². The first-order valence-electron chi connectivity index (χ1n) is 5.53. The molecule has 0 saturated carbocycles. The van der Waals surface area contributed by atoms with E-state index >= 15 is 0 Å². The second-order valence-electron chi connectivity index (χ2n) is 3.65. The van der Waals surface area contributed by atoms with Crippen molar-refractivity contribution in [3.05, 3.63) is 27.8 Å². The quantitative estimate of drug-likeness (QED) is 0.928. The Labute approximate surface area is 113 Å². The molecule has 0 amide bonds. The number of rotatable bonds is 4. The van der Waals surface area contributed by atoms with Crippen LogP contribution in [0.25, 0.3) is 10.6 Å². The number of hydrogen-bond acceptors (Lipinski definition) is 4. The van der Waals surface area contributed by atoms with Gasteiger partial charge < -0.3 is 5.32 Å². The molecule has 0 bridgehead atoms. The van der Waals surface area contributed by atoms with Gasteiger partial charge in [-0.15, -0.1) is 11.3 Å². The van der Waals surface area contributed by atoms with Crippen LogP contribution in [-0.2, 0) is 6.42 Å². The van der Waals surface area contributed by atoms with Crippen molar-refractivity contribution in [1.82, 2.24) is 9.97 Å². The van der Waals surface area contributed by atoms with Crippen molar-refractivity contribution in [3.63, 3.8) is 0 Å². The maximum absolute atomic E-state index is 4.44. The molecule has 0 saturated heterocycles. The Hall–Kier alpha value is -0.940. The molecule has 2 aromatic heterocycles. The highest BCUT2D eigenvalue weighted by Gasteiger charge is 2.14. The van der Waals surface area contributed by atoms with Gasteiger partial charge in [-0.2, -0.15) is 0 Å². The van der Waals surface area contributed by atoms with Crippen molar-refractivity contribution in [2.75, 3.05) is 12.4 Å². The van der Waals surface area contributed by atoms with Crippen molar-refractivity contribution in [3.8, 4) is 10.6 Å². The molecular weight excluding hydrogens is 298 g/mol. The molecule has 2 aromatic rings. The van der Waals surface area contributed by atoms with Gasteiger partial charge in [0.05, 0.1) is 10.6 Å². The summed E-state index contributed by atoms with van der Waals surface area (Å²) in [5.74, 6) is 0.928. The van der Waals surface area contributed by atoms with E-state index in [-0.39, 0.29) is 0 Å². The van der Waals surface area contributed by atoms with Crippen molar-refractivity contribution >= 4 is 33.1 Å². The summed E-state index contributed by atoms with van der Waals surface area (Å²) in [6.45, 7) is 2.17. The van der Waals surface area contributed by atoms with Crippen LogP contribution in [0.3, 0.4) is 0 Å². The highest BCUT2D eigenvalue weighted by molar-refractivity contribution is 9.10. The van der Waals surface area contributed by atoms with Gasteiger partial charge in [0.1, 0.15) is 12.1 Å². The van der Waals surface area contributed by atoms with Gasteiger partial charge in [-0.3, -0.25) is 0 Å². The van der Waals surface area contributed by atoms with Crippen molar-refractivity contribution in [2.24, 2.45) is 0 Å². The second kappa shape index (κ2) is 5.60. The minimum absolute atomic E-state index is 0.928. The van der Waals surface area contributed by atoms with E-state index in [4.69, 9.17) is 0 Å². The van der Waals surface area contributed by atoms with Crippen LogP contribution < -0.4 is 5.32 Å². The Bertz CT molecular complexity index is 510. The average Bonchev–Trinajstić information content (AvgIpc) is 2.76. The number of anilines is 1. The molecule has 0 spiro atoms. The van der Waals surface area contributed by atoms with E-state index in [1.807, 2.05) is 7.05 Å². The summed E-state index contributed by atoms with van der Waals surface area (Å²) in [7, 11) is 1.90. The number of aromatic nitrogens is 2. The summed E-state index contributed by atoms with van der Waals surface area (Å²) in [5.41, 5.74) is 2.23. The Morgan fingerprint density at radius 3 is 2.82 bits per heavy atom. The summed E-state index contributed by atoms with van der Waals surface area (Å²) < 4.78 is 1.10. The molecule has 2 heterocycles. The lowest BCUT2D eigenvalue weighted by atomic mass is 10.1. The summed E-state index contributed by atoms with van der Waals surface area (Å²) in [6.07, 6.45) is 3.68. The van der Waals surface area contributed by atoms with Crippen LogP contribution in [0.2, 0.25) is 0 Å². The standard InChI is InChI=1S/C12H14BrN3S/c1-3-4-8-10(11-9(13)5-6-17-11)15-7-16-12(8)14-2/h5-7H,3-4H2,1-2H3,(H,14,15,16). The molecule has 17 heavy (non-hydrogen) atoms. The third-order valence-electron chi connectivity index (χ3n) is 2.51. The molecule has 1 N–H and O–H groups in total. The molecule has 2 rings (SSSR count). The normalized spacial score (nSPS) is 10.5. The van der Waals surface area contributed by atoms with E-state index in [1.54, 1.807) is 17.7 Å². The van der Waals surface area contributed by atoms with Gasteiger partial charge in [0.15, 0.2) is 0 Å². The smallest absolute Gasteiger partial charge is 0.132 e. The molecular formula is C12H14BrN3S. The molecule has 90 valence electrons. The maximum atomic E-state index is 4.44. The number of hydrogen-bond donors (Lipinski definition) is 1. The first kappa shape index (κ1) is 12.5. The molecule has 0 aliphatic heterocycles. The number of nitrogens with one attached hydrogen (secondary N) is 1. The zero-order valence-corrected chi connectivity index (χ0v) is 12.2. The zero-order chi connectivity index (χ0) is 12.3. The van der Waals surface area contributed by atoms with Gasteiger partial charge in [-0.05, 0) is 33.8 Å². The number of nitrogens with zero attached hydrogens (tertiary/aromatic N) is 2. The van der Waals surface area contributed by atoms with Crippen molar-refractivity contribution in [1.29, 1.82) is 0 Å². The third kappa shape index (κ3) is 2.50. The van der Waals surface area contributed by atoms with Crippen LogP contribution in [0.15, 0.2) is 22.2 Å². The average molecular weight is 312 g/mol. The summed E-state index contributed by atoms with van der Waals surface area (Å²) in [4.78, 5) is 9.90. The van der Waals surface area contributed by atoms with Crippen LogP contribution in [0.5, 0.6) is 0 Å². The molecule has 5 heteroatoms. The van der Waals surface area contributed by atoms with Gasteiger partial charge >= 0.3 is 0 Å². The van der Waals surface area contributed by atoms with Gasteiger partial charge in [-0.25, -0.2) is 9.97 Å². The molecule has 0 radical (unpaired) electrons. The monoisotopic (exact) mass is 311 g/mol. The molecule has 3 nitrogen and oxygen atoms in total. The lowest BCUT2D eigenvalue weighted by Gasteiger charge is -2.11. The predicted octanol–water partition coefficient (Wildman–Crippen LogP) is 3.96. The van der Waals surface area contributed by atoms with E-state index in [1.165, 1.54) is 10.4 Å². The Morgan fingerprint density at radius 1 is 1.41 bits per heavy atom. The van der Waals surface area contributed by atoms with Crippen LogP contribution in [0.1, 0.15) is 18.9 Å². The molecule has 0 aromatic carbocycles. The van der Waals surface area contributed by atoms with E-state index in [0.717, 1.165) is 28.8 Å². The van der Waals surface area contributed by atoms with Crippen molar-refractivity contribution in [2.45, 2.75) is 19.8 Å². The van der Waals surface area contributed by atoms with Gasteiger partial charge in [0.2, 0.25) is 0 Å². The minimum atomic E-state index is 0.928. The van der Waals surface area contributed by atoms with E-state index in [9.17, 15) is 0 Å². The number of halogens is 1. The Kier molecular flexibility index (Phi) is 4.12. The topological polar surface area (TPSA) is 37.8 Å². The zero-order valence-electron chi connectivity index (χ0n) is 9.83. The van der Waals surface area contributed by atoms with Crippen molar-refractivity contribution < 1.29 is 0 Å². The molecule has 0 atom stereocenters. The number of thiophene rings is 1. The summed E-state index contributed by atoms with van der Waals surface area (Å²) >= 11 is 5.26. The lowest BCUT2D eigenvalue weighted by Crippen LogP contribution is -2.02. The largest absolute Gasteiger partial charge is 0.373 e. The van der Waals surface area contributed by atoms with E-state index < -0.39 is 0 Å². The first-order valence-corrected chi connectivity index (χ1v) is 7.20. The maximum Gasteiger partial charge on any atom is 0.132 e. The van der Waals surface area contributed by atoms with Crippen LogP contribution in [0.4, 0.5) is 5.82 Å². The van der Waals surface area contributed by atoms with Crippen LogP contribution >= 0.6 is 27.3 Å². The molecule has 0 unspecified atom stereocenters. The minimum Gasteiger partial charge on any atom is -0.373 e. The lowest BCUT2D eigenvalue weighted by molar-refractivity contribution is 0.906. The molecule has 0 aliphatic rings. The van der Waals surface area contributed by atoms with E-state index in [2.05, 4.69) is 49.6 Å². The van der Waals surface area contributed by atoms with Crippen LogP contribution in [-0.4, -0.2) is 17.0 Å². The SMILES string of the molecule is CCCc1c(NC)ncnc1-c1sccc1Br. The fraction of sp³-hybridized carbons (Fsp3) is 0.333. The molecule has 0 aliphatic carbocycles. The molecule has 0 fully saturated rings. The van der Waals surface area contributed by atoms with Gasteiger partial charge in [0, 0.05) is 17.1 Å².